The Morgan fingerprint density at radius 3 is 2.89 bits per heavy atom. The van der Waals surface area contributed by atoms with Crippen molar-refractivity contribution in [2.24, 2.45) is 23.2 Å². The van der Waals surface area contributed by atoms with Gasteiger partial charge in [0, 0.05) is 18.3 Å². The maximum absolute atomic E-state index is 11.1. The fraction of sp³-hybridized carbons (Fsp3) is 0.688. The predicted octanol–water partition coefficient (Wildman–Crippen LogP) is 2.97. The molecule has 0 radical (unpaired) electrons. The molecule has 1 fully saturated rings. The second kappa shape index (κ2) is 5.12. The summed E-state index contributed by atoms with van der Waals surface area (Å²) in [6.45, 7) is 13.0. The van der Waals surface area contributed by atoms with Gasteiger partial charge in [-0.3, -0.25) is 4.79 Å². The van der Waals surface area contributed by atoms with E-state index in [0.717, 1.165) is 0 Å². The molecule has 1 saturated heterocycles. The van der Waals surface area contributed by atoms with Crippen LogP contribution in [-0.4, -0.2) is 25.3 Å². The van der Waals surface area contributed by atoms with Crippen LogP contribution in [0, 0.1) is 23.2 Å². The van der Waals surface area contributed by atoms with E-state index >= 15 is 0 Å². The van der Waals surface area contributed by atoms with Crippen molar-refractivity contribution in [1.29, 1.82) is 0 Å². The van der Waals surface area contributed by atoms with E-state index in [1.807, 2.05) is 6.08 Å². The molecule has 106 valence electrons. The van der Waals surface area contributed by atoms with Crippen LogP contribution in [0.4, 0.5) is 0 Å². The number of rotatable bonds is 3. The van der Waals surface area contributed by atoms with Gasteiger partial charge in [0.05, 0.1) is 19.3 Å². The van der Waals surface area contributed by atoms with Crippen molar-refractivity contribution in [1.82, 2.24) is 0 Å². The molecule has 1 heterocycles. The lowest BCUT2D eigenvalue weighted by Crippen LogP contribution is -2.56. The van der Waals surface area contributed by atoms with Gasteiger partial charge in [0.15, 0.2) is 0 Å². The number of carbonyl (C=O) groups excluding carboxylic acids is 1. The third kappa shape index (κ3) is 2.25. The van der Waals surface area contributed by atoms with Crippen LogP contribution in [0.3, 0.4) is 0 Å². The van der Waals surface area contributed by atoms with E-state index in [4.69, 9.17) is 9.47 Å². The maximum Gasteiger partial charge on any atom is 0.302 e. The molecule has 0 saturated carbocycles. The van der Waals surface area contributed by atoms with Crippen molar-refractivity contribution >= 4 is 5.97 Å². The molecule has 19 heavy (non-hydrogen) atoms. The summed E-state index contributed by atoms with van der Waals surface area (Å²) in [7, 11) is 0. The van der Waals surface area contributed by atoms with Crippen molar-refractivity contribution < 1.29 is 14.3 Å². The molecule has 0 spiro atoms. The number of esters is 1. The summed E-state index contributed by atoms with van der Waals surface area (Å²) in [5.41, 5.74) is 1.26. The van der Waals surface area contributed by atoms with Gasteiger partial charge in [-0.15, -0.1) is 6.58 Å². The van der Waals surface area contributed by atoms with Crippen LogP contribution in [-0.2, 0) is 14.3 Å². The van der Waals surface area contributed by atoms with Crippen molar-refractivity contribution in [3.05, 3.63) is 24.3 Å². The Morgan fingerprint density at radius 1 is 1.63 bits per heavy atom. The molecular weight excluding hydrogens is 240 g/mol. The topological polar surface area (TPSA) is 35.5 Å². The second-order valence-corrected chi connectivity index (χ2v) is 6.04. The fourth-order valence-electron chi connectivity index (χ4n) is 3.75. The maximum atomic E-state index is 11.1. The van der Waals surface area contributed by atoms with Crippen molar-refractivity contribution in [2.45, 2.75) is 33.8 Å². The van der Waals surface area contributed by atoms with Crippen LogP contribution >= 0.6 is 0 Å². The molecule has 2 rings (SSSR count). The monoisotopic (exact) mass is 264 g/mol. The summed E-state index contributed by atoms with van der Waals surface area (Å²) < 4.78 is 11.3. The minimum atomic E-state index is -0.220. The van der Waals surface area contributed by atoms with E-state index in [0.29, 0.717) is 31.0 Å². The summed E-state index contributed by atoms with van der Waals surface area (Å²) in [5, 5.41) is 0. The molecule has 0 aromatic heterocycles. The largest absolute Gasteiger partial charge is 0.465 e. The highest BCUT2D eigenvalue weighted by atomic mass is 16.5. The Morgan fingerprint density at radius 2 is 2.32 bits per heavy atom. The van der Waals surface area contributed by atoms with Gasteiger partial charge in [0.2, 0.25) is 0 Å². The lowest BCUT2D eigenvalue weighted by atomic mass is 9.56. The normalized spacial score (nSPS) is 41.4. The molecule has 0 N–H and O–H groups in total. The molecule has 2 aliphatic rings. The number of allylic oxidation sites excluding steroid dienone is 1. The Balaban J connectivity index is 2.33. The SMILES string of the molecule is C=C[C@H]1OC[C@@]2(COC(C)=O)[C@@H](C)C=C(C)[C@H]1[C@@H]2C. The van der Waals surface area contributed by atoms with Gasteiger partial charge in [0.1, 0.15) is 0 Å². The zero-order valence-corrected chi connectivity index (χ0v) is 12.3. The lowest BCUT2D eigenvalue weighted by Gasteiger charge is -2.54. The molecular formula is C16H24O3. The third-order valence-corrected chi connectivity index (χ3v) is 5.07. The summed E-state index contributed by atoms with van der Waals surface area (Å²) in [6.07, 6.45) is 4.28. The minimum Gasteiger partial charge on any atom is -0.465 e. The number of fused-ring (bicyclic) bond motifs is 2. The van der Waals surface area contributed by atoms with Gasteiger partial charge >= 0.3 is 5.97 Å². The first kappa shape index (κ1) is 14.3. The third-order valence-electron chi connectivity index (χ3n) is 5.07. The van der Waals surface area contributed by atoms with E-state index in [1.54, 1.807) is 0 Å². The molecule has 1 aliphatic carbocycles. The fourth-order valence-corrected chi connectivity index (χ4v) is 3.75. The van der Waals surface area contributed by atoms with Crippen LogP contribution in [0.2, 0.25) is 0 Å². The van der Waals surface area contributed by atoms with Gasteiger partial charge in [0.25, 0.3) is 0 Å². The Hall–Kier alpha value is -1.09. The molecule has 0 unspecified atom stereocenters. The highest BCUT2D eigenvalue weighted by molar-refractivity contribution is 5.65. The number of hydrogen-bond donors (Lipinski definition) is 0. The standard InChI is InChI=1S/C16H24O3/c1-6-14-15-10(2)7-11(3)16(9-19-14,12(15)4)8-18-13(5)17/h6-7,11-12,14-15H,1,8-9H2,2-5H3/t11-,12-,14+,15-,16-/m0/s1. The zero-order chi connectivity index (χ0) is 14.2. The molecule has 0 aromatic rings. The van der Waals surface area contributed by atoms with E-state index in [-0.39, 0.29) is 17.5 Å². The molecule has 0 aromatic carbocycles. The van der Waals surface area contributed by atoms with E-state index in [1.165, 1.54) is 12.5 Å². The number of carbonyl (C=O) groups is 1. The van der Waals surface area contributed by atoms with Gasteiger partial charge in [-0.05, 0) is 18.8 Å². The van der Waals surface area contributed by atoms with E-state index < -0.39 is 0 Å². The Kier molecular flexibility index (Phi) is 3.86. The smallest absolute Gasteiger partial charge is 0.302 e. The molecule has 3 nitrogen and oxygen atoms in total. The summed E-state index contributed by atoms with van der Waals surface area (Å²) in [6, 6.07) is 0. The van der Waals surface area contributed by atoms with Crippen molar-refractivity contribution in [2.75, 3.05) is 13.2 Å². The molecule has 1 aliphatic heterocycles. The minimum absolute atomic E-state index is 0.0733. The summed E-state index contributed by atoms with van der Waals surface area (Å²) in [4.78, 5) is 11.1. The average Bonchev–Trinajstić information content (AvgIpc) is 2.34. The van der Waals surface area contributed by atoms with Crippen LogP contribution < -0.4 is 0 Å². The second-order valence-electron chi connectivity index (χ2n) is 6.04. The molecule has 2 bridgehead atoms. The van der Waals surface area contributed by atoms with E-state index in [9.17, 15) is 4.79 Å². The van der Waals surface area contributed by atoms with Gasteiger partial charge < -0.3 is 9.47 Å². The Bertz CT molecular complexity index is 412. The van der Waals surface area contributed by atoms with Crippen LogP contribution in [0.25, 0.3) is 0 Å². The Labute approximate surface area is 115 Å². The van der Waals surface area contributed by atoms with Crippen molar-refractivity contribution in [3.8, 4) is 0 Å². The predicted molar refractivity (Wildman–Crippen MR) is 74.6 cm³/mol. The average molecular weight is 264 g/mol. The summed E-state index contributed by atoms with van der Waals surface area (Å²) >= 11 is 0. The first-order valence-electron chi connectivity index (χ1n) is 6.98. The highest BCUT2D eigenvalue weighted by Gasteiger charge is 2.53. The zero-order valence-electron chi connectivity index (χ0n) is 12.3. The van der Waals surface area contributed by atoms with Gasteiger partial charge in [-0.25, -0.2) is 0 Å². The van der Waals surface area contributed by atoms with Crippen LogP contribution in [0.1, 0.15) is 27.7 Å². The first-order valence-corrected chi connectivity index (χ1v) is 6.98. The number of hydrogen-bond acceptors (Lipinski definition) is 3. The number of ether oxygens (including phenoxy) is 2. The molecule has 0 amide bonds. The lowest BCUT2D eigenvalue weighted by molar-refractivity contribution is -0.171. The first-order chi connectivity index (χ1) is 8.92. The van der Waals surface area contributed by atoms with Crippen LogP contribution in [0.5, 0.6) is 0 Å². The van der Waals surface area contributed by atoms with Gasteiger partial charge in [-0.1, -0.05) is 31.6 Å². The highest BCUT2D eigenvalue weighted by Crippen LogP contribution is 2.52. The van der Waals surface area contributed by atoms with Crippen molar-refractivity contribution in [3.63, 3.8) is 0 Å². The van der Waals surface area contributed by atoms with Crippen LogP contribution in [0.15, 0.2) is 24.3 Å². The molecule has 5 atom stereocenters. The van der Waals surface area contributed by atoms with Gasteiger partial charge in [-0.2, -0.15) is 0 Å². The summed E-state index contributed by atoms with van der Waals surface area (Å²) in [5.74, 6) is 0.896. The quantitative estimate of drug-likeness (QED) is 0.580. The molecule has 3 heteroatoms. The van der Waals surface area contributed by atoms with E-state index in [2.05, 4.69) is 33.4 Å².